The van der Waals surface area contributed by atoms with E-state index in [1.165, 1.54) is 11.8 Å². The third-order valence-corrected chi connectivity index (χ3v) is 5.69. The SMILES string of the molecule is COc1ccc(NC(=O)CSc2nnc([C@@H](C)NC(=O)c3ccc(Cl)cc3)n2C)cc1. The lowest BCUT2D eigenvalue weighted by atomic mass is 10.2. The molecule has 3 rings (SSSR count). The molecule has 162 valence electrons. The number of carbonyl (C=O) groups is 2. The molecule has 1 atom stereocenters. The second-order valence-corrected chi connectivity index (χ2v) is 8.05. The molecule has 2 amide bonds. The van der Waals surface area contributed by atoms with Crippen molar-refractivity contribution in [3.8, 4) is 5.75 Å². The number of hydrogen-bond acceptors (Lipinski definition) is 6. The molecule has 8 nitrogen and oxygen atoms in total. The van der Waals surface area contributed by atoms with Crippen molar-refractivity contribution in [3.05, 3.63) is 64.9 Å². The Kier molecular flexibility index (Phi) is 7.54. The molecule has 0 fully saturated rings. The Labute approximate surface area is 189 Å². The summed E-state index contributed by atoms with van der Waals surface area (Å²) in [6.07, 6.45) is 0. The van der Waals surface area contributed by atoms with Crippen molar-refractivity contribution in [1.82, 2.24) is 20.1 Å². The third-order valence-electron chi connectivity index (χ3n) is 4.42. The largest absolute Gasteiger partial charge is 0.497 e. The summed E-state index contributed by atoms with van der Waals surface area (Å²) in [5.41, 5.74) is 1.19. The average Bonchev–Trinajstić information content (AvgIpc) is 3.13. The Morgan fingerprint density at radius 2 is 1.81 bits per heavy atom. The van der Waals surface area contributed by atoms with Gasteiger partial charge in [-0.25, -0.2) is 0 Å². The summed E-state index contributed by atoms with van der Waals surface area (Å²) < 4.78 is 6.86. The second-order valence-electron chi connectivity index (χ2n) is 6.67. The smallest absolute Gasteiger partial charge is 0.251 e. The number of nitrogens with zero attached hydrogens (tertiary/aromatic N) is 3. The molecular formula is C21H22ClN5O3S. The van der Waals surface area contributed by atoms with Crippen LogP contribution < -0.4 is 15.4 Å². The van der Waals surface area contributed by atoms with Crippen LogP contribution in [0.2, 0.25) is 5.02 Å². The Morgan fingerprint density at radius 3 is 2.45 bits per heavy atom. The number of ether oxygens (including phenoxy) is 1. The number of aromatic nitrogens is 3. The molecule has 0 spiro atoms. The molecular weight excluding hydrogens is 438 g/mol. The molecule has 1 heterocycles. The average molecular weight is 460 g/mol. The van der Waals surface area contributed by atoms with Crippen LogP contribution in [0.1, 0.15) is 29.1 Å². The van der Waals surface area contributed by atoms with Crippen LogP contribution >= 0.6 is 23.4 Å². The van der Waals surface area contributed by atoms with E-state index in [0.717, 1.165) is 5.75 Å². The van der Waals surface area contributed by atoms with Gasteiger partial charge >= 0.3 is 0 Å². The number of methoxy groups -OCH3 is 1. The first-order chi connectivity index (χ1) is 14.9. The fourth-order valence-corrected chi connectivity index (χ4v) is 3.62. The van der Waals surface area contributed by atoms with Crippen molar-refractivity contribution in [2.45, 2.75) is 18.1 Å². The molecule has 0 aliphatic carbocycles. The van der Waals surface area contributed by atoms with Crippen LogP contribution in [0.25, 0.3) is 0 Å². The van der Waals surface area contributed by atoms with Crippen LogP contribution in [0.4, 0.5) is 5.69 Å². The summed E-state index contributed by atoms with van der Waals surface area (Å²) >= 11 is 7.12. The molecule has 0 aliphatic rings. The number of benzene rings is 2. The Bertz CT molecular complexity index is 1050. The molecule has 31 heavy (non-hydrogen) atoms. The number of amides is 2. The third kappa shape index (κ3) is 5.99. The first-order valence-corrected chi connectivity index (χ1v) is 10.8. The molecule has 0 saturated carbocycles. The van der Waals surface area contributed by atoms with E-state index in [2.05, 4.69) is 20.8 Å². The second kappa shape index (κ2) is 10.3. The van der Waals surface area contributed by atoms with Crippen molar-refractivity contribution in [1.29, 1.82) is 0 Å². The lowest BCUT2D eigenvalue weighted by Gasteiger charge is -2.13. The molecule has 0 aliphatic heterocycles. The molecule has 10 heteroatoms. The molecule has 0 unspecified atom stereocenters. The highest BCUT2D eigenvalue weighted by atomic mass is 35.5. The minimum absolute atomic E-state index is 0.163. The maximum Gasteiger partial charge on any atom is 0.251 e. The van der Waals surface area contributed by atoms with Gasteiger partial charge in [-0.05, 0) is 55.5 Å². The van der Waals surface area contributed by atoms with Gasteiger partial charge in [-0.1, -0.05) is 23.4 Å². The van der Waals surface area contributed by atoms with Gasteiger partial charge in [0.15, 0.2) is 11.0 Å². The van der Waals surface area contributed by atoms with Crippen LogP contribution in [-0.2, 0) is 11.8 Å². The van der Waals surface area contributed by atoms with Crippen molar-refractivity contribution in [3.63, 3.8) is 0 Å². The minimum atomic E-state index is -0.372. The minimum Gasteiger partial charge on any atom is -0.497 e. The van der Waals surface area contributed by atoms with E-state index in [-0.39, 0.29) is 23.6 Å². The van der Waals surface area contributed by atoms with E-state index in [4.69, 9.17) is 16.3 Å². The van der Waals surface area contributed by atoms with E-state index in [0.29, 0.717) is 27.3 Å². The van der Waals surface area contributed by atoms with Crippen LogP contribution in [0.5, 0.6) is 5.75 Å². The van der Waals surface area contributed by atoms with E-state index >= 15 is 0 Å². The van der Waals surface area contributed by atoms with Gasteiger partial charge in [0.05, 0.1) is 18.9 Å². The van der Waals surface area contributed by atoms with Crippen LogP contribution in [0, 0.1) is 0 Å². The predicted molar refractivity (Wildman–Crippen MR) is 121 cm³/mol. The van der Waals surface area contributed by atoms with Crippen molar-refractivity contribution >= 4 is 40.9 Å². The number of rotatable bonds is 8. The number of thioether (sulfide) groups is 1. The Balaban J connectivity index is 1.55. The lowest BCUT2D eigenvalue weighted by Crippen LogP contribution is -2.28. The van der Waals surface area contributed by atoms with Gasteiger partial charge in [0.25, 0.3) is 5.91 Å². The summed E-state index contributed by atoms with van der Waals surface area (Å²) in [5.74, 6) is 1.07. The molecule has 3 aromatic rings. The van der Waals surface area contributed by atoms with Crippen LogP contribution in [-0.4, -0.2) is 39.4 Å². The van der Waals surface area contributed by atoms with E-state index < -0.39 is 0 Å². The zero-order chi connectivity index (χ0) is 22.4. The lowest BCUT2D eigenvalue weighted by molar-refractivity contribution is -0.113. The van der Waals surface area contributed by atoms with Crippen LogP contribution in [0.15, 0.2) is 53.7 Å². The summed E-state index contributed by atoms with van der Waals surface area (Å²) in [4.78, 5) is 24.6. The first kappa shape index (κ1) is 22.6. The zero-order valence-corrected chi connectivity index (χ0v) is 18.8. The maximum atomic E-state index is 12.4. The Hall–Kier alpha value is -3.04. The van der Waals surface area contributed by atoms with Gasteiger partial charge in [0.2, 0.25) is 5.91 Å². The predicted octanol–water partition coefficient (Wildman–Crippen LogP) is 3.70. The number of hydrogen-bond donors (Lipinski definition) is 2. The number of anilines is 1. The summed E-state index contributed by atoms with van der Waals surface area (Å²) in [7, 11) is 3.38. The van der Waals surface area contributed by atoms with Crippen molar-refractivity contribution in [2.24, 2.45) is 7.05 Å². The molecule has 0 saturated heterocycles. The number of carbonyl (C=O) groups excluding carboxylic acids is 2. The highest BCUT2D eigenvalue weighted by Crippen LogP contribution is 2.21. The summed E-state index contributed by atoms with van der Waals surface area (Å²) in [5, 5.41) is 15.2. The van der Waals surface area contributed by atoms with Gasteiger partial charge in [-0.3, -0.25) is 9.59 Å². The van der Waals surface area contributed by atoms with Crippen LogP contribution in [0.3, 0.4) is 0 Å². The van der Waals surface area contributed by atoms with Gasteiger partial charge in [-0.15, -0.1) is 10.2 Å². The summed E-state index contributed by atoms with van der Waals surface area (Å²) in [6.45, 7) is 1.82. The number of nitrogens with one attached hydrogen (secondary N) is 2. The normalized spacial score (nSPS) is 11.6. The van der Waals surface area contributed by atoms with E-state index in [1.807, 2.05) is 6.92 Å². The standard InChI is InChI=1S/C21H22ClN5O3S/c1-13(23-20(29)14-4-6-15(22)7-5-14)19-25-26-21(27(19)2)31-12-18(28)24-16-8-10-17(30-3)11-9-16/h4-11,13H,12H2,1-3H3,(H,23,29)(H,24,28)/t13-/m1/s1. The van der Waals surface area contributed by atoms with Crippen molar-refractivity contribution < 1.29 is 14.3 Å². The van der Waals surface area contributed by atoms with Gasteiger partial charge in [0, 0.05) is 23.3 Å². The zero-order valence-electron chi connectivity index (χ0n) is 17.3. The molecule has 0 bridgehead atoms. The van der Waals surface area contributed by atoms with Gasteiger partial charge in [-0.2, -0.15) is 0 Å². The Morgan fingerprint density at radius 1 is 1.13 bits per heavy atom. The fraction of sp³-hybridized carbons (Fsp3) is 0.238. The summed E-state index contributed by atoms with van der Waals surface area (Å²) in [6, 6.07) is 13.4. The van der Waals surface area contributed by atoms with E-state index in [9.17, 15) is 9.59 Å². The topological polar surface area (TPSA) is 98.1 Å². The monoisotopic (exact) mass is 459 g/mol. The van der Waals surface area contributed by atoms with Gasteiger partial charge in [0.1, 0.15) is 5.75 Å². The van der Waals surface area contributed by atoms with E-state index in [1.54, 1.807) is 67.3 Å². The number of halogens is 1. The molecule has 1 aromatic heterocycles. The quantitative estimate of drug-likeness (QED) is 0.498. The first-order valence-electron chi connectivity index (χ1n) is 9.40. The highest BCUT2D eigenvalue weighted by Gasteiger charge is 2.19. The molecule has 2 aromatic carbocycles. The molecule has 0 radical (unpaired) electrons. The van der Waals surface area contributed by atoms with Gasteiger partial charge < -0.3 is 19.9 Å². The highest BCUT2D eigenvalue weighted by molar-refractivity contribution is 7.99. The molecule has 2 N–H and O–H groups in total. The van der Waals surface area contributed by atoms with Crippen molar-refractivity contribution in [2.75, 3.05) is 18.2 Å². The fourth-order valence-electron chi connectivity index (χ4n) is 2.78. The maximum absolute atomic E-state index is 12.4.